The van der Waals surface area contributed by atoms with E-state index in [1.807, 2.05) is 0 Å². The molecule has 0 amide bonds. The first-order valence-electron chi connectivity index (χ1n) is 14.5. The smallest absolute Gasteiger partial charge is 0.393 e. The number of aliphatic hydroxyl groups is 2. The molecule has 200 valence electrons. The molecule has 0 spiro atoms. The third kappa shape index (κ3) is 4.04. The highest BCUT2D eigenvalue weighted by atomic mass is 19.4. The van der Waals surface area contributed by atoms with Gasteiger partial charge in [0.1, 0.15) is 0 Å². The van der Waals surface area contributed by atoms with E-state index in [9.17, 15) is 23.4 Å². The van der Waals surface area contributed by atoms with E-state index in [1.54, 1.807) is 0 Å². The van der Waals surface area contributed by atoms with Crippen molar-refractivity contribution < 1.29 is 23.4 Å². The Morgan fingerprint density at radius 3 is 2.31 bits per heavy atom. The number of rotatable bonds is 5. The van der Waals surface area contributed by atoms with E-state index in [0.717, 1.165) is 36.8 Å². The molecular weight excluding hydrogens is 449 g/mol. The Labute approximate surface area is 210 Å². The Bertz CT molecular complexity index is 847. The lowest BCUT2D eigenvalue weighted by molar-refractivity contribution is -0.271. The van der Waals surface area contributed by atoms with Crippen LogP contribution in [0.2, 0.25) is 0 Å². The highest BCUT2D eigenvalue weighted by molar-refractivity contribution is 5.32. The summed E-state index contributed by atoms with van der Waals surface area (Å²) in [6.07, 6.45) is 6.72. The molecule has 0 aliphatic heterocycles. The van der Waals surface area contributed by atoms with Gasteiger partial charge in [-0.15, -0.1) is 0 Å². The fraction of sp³-hybridized carbons (Fsp3) is 0.933. The predicted octanol–water partition coefficient (Wildman–Crippen LogP) is 7.83. The second-order valence-electron chi connectivity index (χ2n) is 14.0. The summed E-state index contributed by atoms with van der Waals surface area (Å²) in [6, 6.07) is 0. The van der Waals surface area contributed by atoms with Crippen LogP contribution >= 0.6 is 0 Å². The zero-order chi connectivity index (χ0) is 25.4. The van der Waals surface area contributed by atoms with Crippen molar-refractivity contribution in [3.8, 4) is 0 Å². The number of alkyl halides is 3. The van der Waals surface area contributed by atoms with Crippen LogP contribution in [0.1, 0.15) is 111 Å². The molecule has 5 heteroatoms. The SMILES string of the molecule is CC1=C2C[C@](O)(C(F)(F)F)CC[C@]2(C)[C@H]2CC[C@@]3(C)[C@@H](CC[C@H]3[C@@H](C)CCC(O)C3CCC3)[C@@H]2C1. The minimum atomic E-state index is -4.56. The van der Waals surface area contributed by atoms with Crippen LogP contribution in [0.4, 0.5) is 13.2 Å². The molecule has 1 unspecified atom stereocenters. The highest BCUT2D eigenvalue weighted by Gasteiger charge is 2.64. The summed E-state index contributed by atoms with van der Waals surface area (Å²) in [6.45, 7) is 9.19. The summed E-state index contributed by atoms with van der Waals surface area (Å²) in [5.74, 6) is 3.45. The van der Waals surface area contributed by atoms with E-state index < -0.39 is 11.8 Å². The standard InChI is InChI=1S/C30H47F3O2/c1-18(8-11-26(34)20-6-5-7-20)22-9-10-23-21-16-19(2)25-17-29(35,30(31,32)33)15-14-28(25,4)24(21)12-13-27(22,23)3/h18,20-24,26,34-35H,5-17H2,1-4H3/t18-,21-,22-,23-,24-,26?,27+,28+,29-/m0/s1. The number of aliphatic hydroxyl groups excluding tert-OH is 1. The normalized spacial score (nSPS) is 45.9. The van der Waals surface area contributed by atoms with E-state index >= 15 is 0 Å². The topological polar surface area (TPSA) is 40.5 Å². The molecule has 0 heterocycles. The third-order valence-electron chi connectivity index (χ3n) is 12.4. The quantitative estimate of drug-likeness (QED) is 0.381. The molecule has 0 radical (unpaired) electrons. The van der Waals surface area contributed by atoms with Gasteiger partial charge in [-0.2, -0.15) is 13.2 Å². The van der Waals surface area contributed by atoms with Crippen LogP contribution in [0.3, 0.4) is 0 Å². The molecule has 4 saturated carbocycles. The van der Waals surface area contributed by atoms with Gasteiger partial charge < -0.3 is 10.2 Å². The van der Waals surface area contributed by atoms with Crippen molar-refractivity contribution in [3.05, 3.63) is 11.1 Å². The third-order valence-corrected chi connectivity index (χ3v) is 12.4. The summed E-state index contributed by atoms with van der Waals surface area (Å²) in [5, 5.41) is 21.1. The van der Waals surface area contributed by atoms with Crippen LogP contribution in [-0.4, -0.2) is 28.1 Å². The highest BCUT2D eigenvalue weighted by Crippen LogP contribution is 2.69. The lowest BCUT2D eigenvalue weighted by atomic mass is 9.45. The molecule has 2 N–H and O–H groups in total. The van der Waals surface area contributed by atoms with E-state index in [-0.39, 0.29) is 24.4 Å². The fourth-order valence-corrected chi connectivity index (χ4v) is 10.0. The molecule has 5 aliphatic rings. The summed E-state index contributed by atoms with van der Waals surface area (Å²) in [7, 11) is 0. The van der Waals surface area contributed by atoms with Gasteiger partial charge >= 0.3 is 6.18 Å². The summed E-state index contributed by atoms with van der Waals surface area (Å²) in [5.41, 5.74) is -0.418. The van der Waals surface area contributed by atoms with Crippen LogP contribution in [0, 0.1) is 46.3 Å². The first kappa shape index (κ1) is 26.1. The average molecular weight is 497 g/mol. The van der Waals surface area contributed by atoms with Gasteiger partial charge in [-0.3, -0.25) is 0 Å². The molecular formula is C30H47F3O2. The minimum absolute atomic E-state index is 0.127. The van der Waals surface area contributed by atoms with Crippen LogP contribution in [0.15, 0.2) is 11.1 Å². The molecule has 0 saturated heterocycles. The van der Waals surface area contributed by atoms with Crippen LogP contribution in [0.25, 0.3) is 0 Å². The van der Waals surface area contributed by atoms with Gasteiger partial charge in [0.2, 0.25) is 0 Å². The van der Waals surface area contributed by atoms with Crippen molar-refractivity contribution in [2.24, 2.45) is 46.3 Å². The van der Waals surface area contributed by atoms with Gasteiger partial charge in [0.05, 0.1) is 6.10 Å². The Hall–Kier alpha value is -0.550. The minimum Gasteiger partial charge on any atom is -0.393 e. The van der Waals surface area contributed by atoms with Gasteiger partial charge in [0.25, 0.3) is 0 Å². The predicted molar refractivity (Wildman–Crippen MR) is 133 cm³/mol. The molecule has 0 aromatic heterocycles. The summed E-state index contributed by atoms with van der Waals surface area (Å²) in [4.78, 5) is 0. The summed E-state index contributed by atoms with van der Waals surface area (Å²) >= 11 is 0. The average Bonchev–Trinajstić information content (AvgIpc) is 3.09. The van der Waals surface area contributed by atoms with Crippen molar-refractivity contribution in [2.75, 3.05) is 0 Å². The Balaban J connectivity index is 1.33. The Kier molecular flexibility index (Phi) is 6.52. The molecule has 0 aromatic rings. The molecule has 0 bridgehead atoms. The fourth-order valence-electron chi connectivity index (χ4n) is 10.0. The molecule has 5 aliphatic carbocycles. The number of hydrogen-bond donors (Lipinski definition) is 2. The lowest BCUT2D eigenvalue weighted by Gasteiger charge is -2.60. The second-order valence-corrected chi connectivity index (χ2v) is 14.0. The molecule has 0 aromatic carbocycles. The Morgan fingerprint density at radius 2 is 1.69 bits per heavy atom. The lowest BCUT2D eigenvalue weighted by Crippen LogP contribution is -2.56. The van der Waals surface area contributed by atoms with Crippen molar-refractivity contribution in [1.82, 2.24) is 0 Å². The van der Waals surface area contributed by atoms with Gasteiger partial charge in [-0.25, -0.2) is 0 Å². The molecule has 9 atom stereocenters. The monoisotopic (exact) mass is 496 g/mol. The van der Waals surface area contributed by atoms with Crippen molar-refractivity contribution in [1.29, 1.82) is 0 Å². The van der Waals surface area contributed by atoms with E-state index in [0.29, 0.717) is 47.3 Å². The van der Waals surface area contributed by atoms with Gasteiger partial charge in [0, 0.05) is 6.42 Å². The number of hydrogen-bond acceptors (Lipinski definition) is 2. The number of halogens is 3. The maximum absolute atomic E-state index is 13.7. The maximum Gasteiger partial charge on any atom is 0.417 e. The van der Waals surface area contributed by atoms with E-state index in [1.165, 1.54) is 38.5 Å². The zero-order valence-corrected chi connectivity index (χ0v) is 22.3. The Morgan fingerprint density at radius 1 is 0.971 bits per heavy atom. The van der Waals surface area contributed by atoms with E-state index in [4.69, 9.17) is 0 Å². The summed E-state index contributed by atoms with van der Waals surface area (Å²) < 4.78 is 41.1. The first-order chi connectivity index (χ1) is 16.3. The molecule has 2 nitrogen and oxygen atoms in total. The molecule has 4 fully saturated rings. The van der Waals surface area contributed by atoms with E-state index in [2.05, 4.69) is 27.7 Å². The largest absolute Gasteiger partial charge is 0.417 e. The maximum atomic E-state index is 13.7. The van der Waals surface area contributed by atoms with Crippen LogP contribution in [0.5, 0.6) is 0 Å². The second kappa shape index (κ2) is 8.75. The van der Waals surface area contributed by atoms with Crippen molar-refractivity contribution >= 4 is 0 Å². The molecule has 5 rings (SSSR count). The van der Waals surface area contributed by atoms with Crippen molar-refractivity contribution in [2.45, 2.75) is 129 Å². The zero-order valence-electron chi connectivity index (χ0n) is 22.3. The number of allylic oxidation sites excluding steroid dienone is 1. The van der Waals surface area contributed by atoms with Gasteiger partial charge in [0.15, 0.2) is 5.60 Å². The van der Waals surface area contributed by atoms with Crippen LogP contribution < -0.4 is 0 Å². The van der Waals surface area contributed by atoms with Gasteiger partial charge in [-0.1, -0.05) is 38.3 Å². The molecule has 35 heavy (non-hydrogen) atoms. The van der Waals surface area contributed by atoms with Crippen molar-refractivity contribution in [3.63, 3.8) is 0 Å². The van der Waals surface area contributed by atoms with Crippen LogP contribution in [-0.2, 0) is 0 Å². The first-order valence-corrected chi connectivity index (χ1v) is 14.5. The number of fused-ring (bicyclic) bond motifs is 5. The van der Waals surface area contributed by atoms with Gasteiger partial charge in [-0.05, 0) is 124 Å².